The topological polar surface area (TPSA) is 40.5 Å². The Labute approximate surface area is 120 Å². The summed E-state index contributed by atoms with van der Waals surface area (Å²) in [6.45, 7) is 3.49. The van der Waals surface area contributed by atoms with Crippen molar-refractivity contribution < 1.29 is 9.90 Å². The van der Waals surface area contributed by atoms with Crippen LogP contribution in [0.2, 0.25) is 0 Å². The van der Waals surface area contributed by atoms with E-state index in [0.717, 1.165) is 42.6 Å². The second kappa shape index (κ2) is 7.12. The molecule has 0 spiro atoms. The first-order chi connectivity index (χ1) is 9.72. The lowest BCUT2D eigenvalue weighted by atomic mass is 10.0. The molecule has 1 aliphatic rings. The number of hydrogen-bond donors (Lipinski definition) is 1. The molecular weight excluding hydrogens is 250 g/mol. The van der Waals surface area contributed by atoms with E-state index in [1.807, 2.05) is 30.0 Å². The lowest BCUT2D eigenvalue weighted by molar-refractivity contribution is 0.0761. The third-order valence-corrected chi connectivity index (χ3v) is 3.67. The lowest BCUT2D eigenvalue weighted by Gasteiger charge is -2.21. The largest absolute Gasteiger partial charge is 0.384 e. The number of aliphatic hydroxyl groups excluding tert-OH is 1. The van der Waals surface area contributed by atoms with E-state index in [0.29, 0.717) is 0 Å². The number of likely N-dealkylation sites (tertiary alicyclic amines) is 1. The number of carbonyl (C=O) groups is 1. The zero-order chi connectivity index (χ0) is 14.4. The Morgan fingerprint density at radius 3 is 2.60 bits per heavy atom. The van der Waals surface area contributed by atoms with Crippen LogP contribution in [0, 0.1) is 18.8 Å². The number of amides is 1. The highest BCUT2D eigenvalue weighted by Crippen LogP contribution is 2.17. The van der Waals surface area contributed by atoms with Crippen LogP contribution in [-0.2, 0) is 0 Å². The monoisotopic (exact) mass is 271 g/mol. The number of rotatable bonds is 1. The molecule has 106 valence electrons. The van der Waals surface area contributed by atoms with Gasteiger partial charge in [-0.25, -0.2) is 0 Å². The summed E-state index contributed by atoms with van der Waals surface area (Å²) in [5, 5.41) is 8.75. The normalized spacial score (nSPS) is 15.2. The van der Waals surface area contributed by atoms with Gasteiger partial charge in [-0.1, -0.05) is 30.7 Å². The van der Waals surface area contributed by atoms with Crippen LogP contribution < -0.4 is 0 Å². The SMILES string of the molecule is Cc1ccc(C#CCO)cc1C(=O)N1CCCCCC1. The molecule has 0 saturated carbocycles. The molecule has 0 atom stereocenters. The maximum atomic E-state index is 12.6. The fraction of sp³-hybridized carbons (Fsp3) is 0.471. The van der Waals surface area contributed by atoms with Crippen molar-refractivity contribution in [2.75, 3.05) is 19.7 Å². The molecular formula is C17H21NO2. The Hall–Kier alpha value is -1.79. The number of aliphatic hydroxyl groups is 1. The van der Waals surface area contributed by atoms with Gasteiger partial charge in [-0.2, -0.15) is 0 Å². The van der Waals surface area contributed by atoms with Gasteiger partial charge in [0.2, 0.25) is 0 Å². The Kier molecular flexibility index (Phi) is 5.20. The average molecular weight is 271 g/mol. The van der Waals surface area contributed by atoms with E-state index in [1.165, 1.54) is 12.8 Å². The second-order valence-electron chi connectivity index (χ2n) is 5.20. The van der Waals surface area contributed by atoms with E-state index in [4.69, 9.17) is 5.11 Å². The van der Waals surface area contributed by atoms with Gasteiger partial charge in [0.05, 0.1) is 0 Å². The second-order valence-corrected chi connectivity index (χ2v) is 5.20. The van der Waals surface area contributed by atoms with Gasteiger partial charge in [0.25, 0.3) is 5.91 Å². The van der Waals surface area contributed by atoms with E-state index in [2.05, 4.69) is 11.8 Å². The molecule has 20 heavy (non-hydrogen) atoms. The summed E-state index contributed by atoms with van der Waals surface area (Å²) in [5.74, 6) is 5.59. The number of carbonyl (C=O) groups excluding carboxylic acids is 1. The van der Waals surface area contributed by atoms with Gasteiger partial charge in [-0.15, -0.1) is 0 Å². The first-order valence-electron chi connectivity index (χ1n) is 7.22. The first-order valence-corrected chi connectivity index (χ1v) is 7.22. The summed E-state index contributed by atoms with van der Waals surface area (Å²) >= 11 is 0. The number of aryl methyl sites for hydroxylation is 1. The lowest BCUT2D eigenvalue weighted by Crippen LogP contribution is -2.32. The van der Waals surface area contributed by atoms with Crippen LogP contribution in [-0.4, -0.2) is 35.6 Å². The number of hydrogen-bond acceptors (Lipinski definition) is 2. The molecule has 0 bridgehead atoms. The van der Waals surface area contributed by atoms with E-state index < -0.39 is 0 Å². The average Bonchev–Trinajstić information content (AvgIpc) is 2.75. The molecule has 3 nitrogen and oxygen atoms in total. The van der Waals surface area contributed by atoms with Gasteiger partial charge < -0.3 is 10.0 Å². The third kappa shape index (κ3) is 3.61. The molecule has 1 saturated heterocycles. The minimum atomic E-state index is -0.163. The summed E-state index contributed by atoms with van der Waals surface area (Å²) in [5.41, 5.74) is 2.49. The van der Waals surface area contributed by atoms with Gasteiger partial charge in [0.15, 0.2) is 0 Å². The van der Waals surface area contributed by atoms with Crippen LogP contribution in [0.15, 0.2) is 18.2 Å². The van der Waals surface area contributed by atoms with Crippen LogP contribution in [0.1, 0.15) is 47.2 Å². The van der Waals surface area contributed by atoms with Gasteiger partial charge in [0.1, 0.15) is 6.61 Å². The van der Waals surface area contributed by atoms with E-state index in [1.54, 1.807) is 0 Å². The van der Waals surface area contributed by atoms with Crippen molar-refractivity contribution in [2.45, 2.75) is 32.6 Å². The molecule has 0 aliphatic carbocycles. The Bertz CT molecular complexity index is 532. The quantitative estimate of drug-likeness (QED) is 0.797. The highest BCUT2D eigenvalue weighted by molar-refractivity contribution is 5.96. The Morgan fingerprint density at radius 2 is 1.95 bits per heavy atom. The summed E-state index contributed by atoms with van der Waals surface area (Å²) in [6.07, 6.45) is 4.61. The van der Waals surface area contributed by atoms with Crippen molar-refractivity contribution in [3.8, 4) is 11.8 Å². The number of nitrogens with zero attached hydrogens (tertiary/aromatic N) is 1. The van der Waals surface area contributed by atoms with Crippen LogP contribution in [0.5, 0.6) is 0 Å². The molecule has 1 aliphatic heterocycles. The maximum Gasteiger partial charge on any atom is 0.254 e. The molecule has 2 rings (SSSR count). The minimum absolute atomic E-state index is 0.108. The zero-order valence-corrected chi connectivity index (χ0v) is 12.0. The summed E-state index contributed by atoms with van der Waals surface area (Å²) < 4.78 is 0. The molecule has 1 N–H and O–H groups in total. The van der Waals surface area contributed by atoms with E-state index in [9.17, 15) is 4.79 Å². The Morgan fingerprint density at radius 1 is 1.25 bits per heavy atom. The van der Waals surface area contributed by atoms with Crippen molar-refractivity contribution in [1.82, 2.24) is 4.90 Å². The van der Waals surface area contributed by atoms with Crippen LogP contribution >= 0.6 is 0 Å². The molecule has 1 amide bonds. The minimum Gasteiger partial charge on any atom is -0.384 e. The summed E-state index contributed by atoms with van der Waals surface area (Å²) in [4.78, 5) is 14.6. The first kappa shape index (κ1) is 14.6. The smallest absolute Gasteiger partial charge is 0.254 e. The molecule has 0 unspecified atom stereocenters. The van der Waals surface area contributed by atoms with Gasteiger partial charge in [-0.05, 0) is 37.5 Å². The van der Waals surface area contributed by atoms with Gasteiger partial charge in [0, 0.05) is 24.2 Å². The molecule has 1 aromatic rings. The highest BCUT2D eigenvalue weighted by Gasteiger charge is 2.18. The molecule has 3 heteroatoms. The molecule has 0 radical (unpaired) electrons. The summed E-state index contributed by atoms with van der Waals surface area (Å²) in [7, 11) is 0. The standard InChI is InChI=1S/C17H21NO2/c1-14-8-9-15(7-6-12-19)13-16(14)17(20)18-10-4-2-3-5-11-18/h8-9,13,19H,2-5,10-12H2,1H3. The van der Waals surface area contributed by atoms with Crippen LogP contribution in [0.25, 0.3) is 0 Å². The van der Waals surface area contributed by atoms with Crippen LogP contribution in [0.4, 0.5) is 0 Å². The summed E-state index contributed by atoms with van der Waals surface area (Å²) in [6, 6.07) is 5.65. The van der Waals surface area contributed by atoms with Gasteiger partial charge >= 0.3 is 0 Å². The van der Waals surface area contributed by atoms with Crippen molar-refractivity contribution in [3.63, 3.8) is 0 Å². The fourth-order valence-electron chi connectivity index (χ4n) is 2.52. The Balaban J connectivity index is 2.23. The molecule has 1 heterocycles. The zero-order valence-electron chi connectivity index (χ0n) is 12.0. The van der Waals surface area contributed by atoms with Crippen molar-refractivity contribution in [2.24, 2.45) is 0 Å². The van der Waals surface area contributed by atoms with E-state index >= 15 is 0 Å². The number of benzene rings is 1. The molecule has 1 aromatic carbocycles. The van der Waals surface area contributed by atoms with Crippen molar-refractivity contribution in [1.29, 1.82) is 0 Å². The third-order valence-electron chi connectivity index (χ3n) is 3.67. The predicted molar refractivity (Wildman–Crippen MR) is 79.5 cm³/mol. The van der Waals surface area contributed by atoms with E-state index in [-0.39, 0.29) is 12.5 Å². The molecule has 1 fully saturated rings. The molecule has 0 aromatic heterocycles. The van der Waals surface area contributed by atoms with Crippen molar-refractivity contribution in [3.05, 3.63) is 34.9 Å². The highest BCUT2D eigenvalue weighted by atomic mass is 16.2. The van der Waals surface area contributed by atoms with Crippen LogP contribution in [0.3, 0.4) is 0 Å². The predicted octanol–water partition coefficient (Wildman–Crippen LogP) is 2.36. The fourth-order valence-corrected chi connectivity index (χ4v) is 2.52. The maximum absolute atomic E-state index is 12.6. The van der Waals surface area contributed by atoms with Gasteiger partial charge in [-0.3, -0.25) is 4.79 Å². The van der Waals surface area contributed by atoms with Crippen molar-refractivity contribution >= 4 is 5.91 Å².